The van der Waals surface area contributed by atoms with E-state index in [1.165, 1.54) is 6.07 Å². The molecule has 1 rings (SSSR count). The van der Waals surface area contributed by atoms with Crippen molar-refractivity contribution in [2.45, 2.75) is 12.6 Å². The van der Waals surface area contributed by atoms with Gasteiger partial charge in [0.25, 0.3) is 0 Å². The van der Waals surface area contributed by atoms with E-state index in [-0.39, 0.29) is 23.0 Å². The molecule has 0 aromatic heterocycles. The monoisotopic (exact) mass is 283 g/mol. The Morgan fingerprint density at radius 1 is 1.33 bits per heavy atom. The normalized spacial score (nSPS) is 11.8. The van der Waals surface area contributed by atoms with Gasteiger partial charge in [-0.2, -0.15) is 13.2 Å². The van der Waals surface area contributed by atoms with Crippen molar-refractivity contribution in [1.29, 1.82) is 0 Å². The Kier molecular flexibility index (Phi) is 3.62. The molecule has 0 heterocycles. The molecule has 0 fully saturated rings. The molecule has 0 aliphatic rings. The van der Waals surface area contributed by atoms with Crippen LogP contribution in [0.15, 0.2) is 16.6 Å². The maximum atomic E-state index is 12.4. The summed E-state index contributed by atoms with van der Waals surface area (Å²) in [5, 5.41) is 9.38. The number of rotatable bonds is 2. The van der Waals surface area contributed by atoms with E-state index in [4.69, 9.17) is 5.73 Å². The summed E-state index contributed by atoms with van der Waals surface area (Å²) in [5.74, 6) is -0.740. The molecule has 3 N–H and O–H groups in total. The highest BCUT2D eigenvalue weighted by Crippen LogP contribution is 2.39. The number of benzene rings is 1. The first-order chi connectivity index (χ1) is 6.86. The van der Waals surface area contributed by atoms with Crippen LogP contribution in [0, 0.1) is 0 Å². The summed E-state index contributed by atoms with van der Waals surface area (Å²) in [6.07, 6.45) is -4.36. The van der Waals surface area contributed by atoms with Crippen LogP contribution in [0.25, 0.3) is 0 Å². The summed E-state index contributed by atoms with van der Waals surface area (Å²) in [7, 11) is 0. The fourth-order valence-corrected chi connectivity index (χ4v) is 1.72. The molecule has 0 saturated heterocycles. The zero-order valence-electron chi connectivity index (χ0n) is 7.61. The van der Waals surface area contributed by atoms with Crippen molar-refractivity contribution in [1.82, 2.24) is 0 Å². The van der Waals surface area contributed by atoms with Gasteiger partial charge in [0.15, 0.2) is 0 Å². The average molecular weight is 284 g/mol. The van der Waals surface area contributed by atoms with Gasteiger partial charge in [0.2, 0.25) is 0 Å². The zero-order chi connectivity index (χ0) is 11.6. The van der Waals surface area contributed by atoms with Crippen LogP contribution in [0.3, 0.4) is 0 Å². The number of phenolic OH excluding ortho intramolecular Hbond substituents is 1. The van der Waals surface area contributed by atoms with Gasteiger partial charge in [-0.15, -0.1) is 0 Å². The number of hydrogen-bond acceptors (Lipinski definition) is 2. The van der Waals surface area contributed by atoms with E-state index >= 15 is 0 Å². The number of hydrogen-bond donors (Lipinski definition) is 2. The molecule has 1 aromatic carbocycles. The molecule has 0 unspecified atom stereocenters. The van der Waals surface area contributed by atoms with Crippen molar-refractivity contribution in [3.05, 3.63) is 27.7 Å². The van der Waals surface area contributed by atoms with Gasteiger partial charge in [0, 0.05) is 4.47 Å². The number of alkyl halides is 3. The van der Waals surface area contributed by atoms with Crippen molar-refractivity contribution < 1.29 is 18.3 Å². The van der Waals surface area contributed by atoms with Crippen molar-refractivity contribution >= 4 is 15.9 Å². The first-order valence-electron chi connectivity index (χ1n) is 4.15. The van der Waals surface area contributed by atoms with Crippen LogP contribution in [-0.2, 0) is 12.6 Å². The van der Waals surface area contributed by atoms with Crippen molar-refractivity contribution in [2.75, 3.05) is 6.54 Å². The molecule has 0 aliphatic carbocycles. The first-order valence-corrected chi connectivity index (χ1v) is 4.94. The van der Waals surface area contributed by atoms with E-state index < -0.39 is 17.5 Å². The highest BCUT2D eigenvalue weighted by atomic mass is 79.9. The van der Waals surface area contributed by atoms with Gasteiger partial charge in [0.05, 0.1) is 5.56 Å². The number of phenols is 1. The smallest absolute Gasteiger partial charge is 0.420 e. The Labute approximate surface area is 93.0 Å². The van der Waals surface area contributed by atoms with Crippen LogP contribution in [0.2, 0.25) is 0 Å². The Bertz CT molecular complexity index is 365. The third-order valence-corrected chi connectivity index (χ3v) is 2.33. The molecular weight excluding hydrogens is 275 g/mol. The lowest BCUT2D eigenvalue weighted by Gasteiger charge is -2.12. The average Bonchev–Trinajstić information content (AvgIpc) is 2.09. The quantitative estimate of drug-likeness (QED) is 0.877. The van der Waals surface area contributed by atoms with Crippen LogP contribution >= 0.6 is 15.9 Å². The van der Waals surface area contributed by atoms with E-state index in [1.54, 1.807) is 0 Å². The molecule has 15 heavy (non-hydrogen) atoms. The topological polar surface area (TPSA) is 46.2 Å². The summed E-state index contributed by atoms with van der Waals surface area (Å²) in [4.78, 5) is 0. The standard InChI is InChI=1S/C9H9BrF3NO/c10-6-3-5(1-2-14)8(15)7(4-6)9(11,12)13/h3-4,15H,1-2,14H2. The molecule has 2 nitrogen and oxygen atoms in total. The minimum atomic E-state index is -4.56. The van der Waals surface area contributed by atoms with Crippen LogP contribution in [-0.4, -0.2) is 11.7 Å². The molecule has 1 aromatic rings. The van der Waals surface area contributed by atoms with Crippen molar-refractivity contribution in [2.24, 2.45) is 5.73 Å². The third kappa shape index (κ3) is 2.85. The van der Waals surface area contributed by atoms with Gasteiger partial charge >= 0.3 is 6.18 Å². The second kappa shape index (κ2) is 4.40. The molecular formula is C9H9BrF3NO. The predicted molar refractivity (Wildman–Crippen MR) is 53.6 cm³/mol. The SMILES string of the molecule is NCCc1cc(Br)cc(C(F)(F)F)c1O. The summed E-state index contributed by atoms with van der Waals surface area (Å²) in [5.41, 5.74) is 4.38. The predicted octanol–water partition coefficient (Wildman–Crippen LogP) is 2.67. The highest BCUT2D eigenvalue weighted by Gasteiger charge is 2.35. The van der Waals surface area contributed by atoms with E-state index in [0.717, 1.165) is 6.07 Å². The molecule has 0 atom stereocenters. The van der Waals surface area contributed by atoms with E-state index in [0.29, 0.717) is 0 Å². The van der Waals surface area contributed by atoms with E-state index in [9.17, 15) is 18.3 Å². The lowest BCUT2D eigenvalue weighted by atomic mass is 10.1. The van der Waals surface area contributed by atoms with Crippen LogP contribution in [0.1, 0.15) is 11.1 Å². The molecule has 0 spiro atoms. The maximum Gasteiger partial charge on any atom is 0.420 e. The molecule has 6 heteroatoms. The highest BCUT2D eigenvalue weighted by molar-refractivity contribution is 9.10. The van der Waals surface area contributed by atoms with Crippen LogP contribution < -0.4 is 5.73 Å². The lowest BCUT2D eigenvalue weighted by Crippen LogP contribution is -2.09. The van der Waals surface area contributed by atoms with Crippen LogP contribution in [0.4, 0.5) is 13.2 Å². The van der Waals surface area contributed by atoms with Gasteiger partial charge in [-0.3, -0.25) is 0 Å². The third-order valence-electron chi connectivity index (χ3n) is 1.87. The molecule has 0 bridgehead atoms. The van der Waals surface area contributed by atoms with Crippen molar-refractivity contribution in [3.8, 4) is 5.75 Å². The molecule has 0 amide bonds. The Morgan fingerprint density at radius 3 is 2.40 bits per heavy atom. The molecule has 0 aliphatic heterocycles. The zero-order valence-corrected chi connectivity index (χ0v) is 9.19. The fourth-order valence-electron chi connectivity index (χ4n) is 1.22. The largest absolute Gasteiger partial charge is 0.507 e. The Hall–Kier alpha value is -0.750. The summed E-state index contributed by atoms with van der Waals surface area (Å²) in [6, 6.07) is 2.27. The van der Waals surface area contributed by atoms with Crippen LogP contribution in [0.5, 0.6) is 5.75 Å². The van der Waals surface area contributed by atoms with Crippen molar-refractivity contribution in [3.63, 3.8) is 0 Å². The second-order valence-electron chi connectivity index (χ2n) is 3.00. The number of halogens is 4. The lowest BCUT2D eigenvalue weighted by molar-refractivity contribution is -0.138. The van der Waals surface area contributed by atoms with Gasteiger partial charge in [-0.05, 0) is 30.7 Å². The number of aromatic hydroxyl groups is 1. The van der Waals surface area contributed by atoms with Gasteiger partial charge in [-0.1, -0.05) is 15.9 Å². The van der Waals surface area contributed by atoms with Gasteiger partial charge in [0.1, 0.15) is 5.75 Å². The number of nitrogens with two attached hydrogens (primary N) is 1. The summed E-state index contributed by atoms with van der Waals surface area (Å²) >= 11 is 2.96. The molecule has 0 saturated carbocycles. The minimum absolute atomic E-state index is 0.182. The first kappa shape index (κ1) is 12.3. The fraction of sp³-hybridized carbons (Fsp3) is 0.333. The molecule has 84 valence electrons. The Morgan fingerprint density at radius 2 is 1.93 bits per heavy atom. The summed E-state index contributed by atoms with van der Waals surface area (Å²) < 4.78 is 37.6. The summed E-state index contributed by atoms with van der Waals surface area (Å²) in [6.45, 7) is 0.182. The van der Waals surface area contributed by atoms with Gasteiger partial charge < -0.3 is 10.8 Å². The Balaban J connectivity index is 3.28. The second-order valence-corrected chi connectivity index (χ2v) is 3.91. The maximum absolute atomic E-state index is 12.4. The minimum Gasteiger partial charge on any atom is -0.507 e. The molecule has 0 radical (unpaired) electrons. The van der Waals surface area contributed by atoms with Gasteiger partial charge in [-0.25, -0.2) is 0 Å². The van der Waals surface area contributed by atoms with E-state index in [2.05, 4.69) is 15.9 Å². The van der Waals surface area contributed by atoms with E-state index in [1.807, 2.05) is 0 Å².